The first kappa shape index (κ1) is 19.3. The van der Waals surface area contributed by atoms with Crippen molar-refractivity contribution in [2.45, 2.75) is 26.7 Å². The fourth-order valence-electron chi connectivity index (χ4n) is 3.45. The summed E-state index contributed by atoms with van der Waals surface area (Å²) in [5, 5.41) is 16.1. The van der Waals surface area contributed by atoms with Crippen LogP contribution in [-0.4, -0.2) is 63.8 Å². The van der Waals surface area contributed by atoms with Crippen molar-refractivity contribution in [3.05, 3.63) is 47.3 Å². The Hall–Kier alpha value is -3.00. The van der Waals surface area contributed by atoms with E-state index in [1.165, 1.54) is 5.56 Å². The molecule has 0 radical (unpaired) electrons. The summed E-state index contributed by atoms with van der Waals surface area (Å²) >= 11 is 0. The quantitative estimate of drug-likeness (QED) is 0.715. The number of nitrogens with one attached hydrogen (secondary N) is 1. The molecule has 1 aliphatic heterocycles. The van der Waals surface area contributed by atoms with Crippen LogP contribution in [0.1, 0.15) is 23.4 Å². The van der Waals surface area contributed by atoms with E-state index in [1.807, 2.05) is 37.3 Å². The van der Waals surface area contributed by atoms with Gasteiger partial charge in [-0.25, -0.2) is 0 Å². The van der Waals surface area contributed by atoms with Crippen LogP contribution in [0.2, 0.25) is 0 Å². The molecule has 4 rings (SSSR count). The third-order valence-electron chi connectivity index (χ3n) is 5.51. The molecule has 0 unspecified atom stereocenters. The van der Waals surface area contributed by atoms with E-state index in [0.29, 0.717) is 24.3 Å². The molecule has 8 heteroatoms. The average Bonchev–Trinajstić information content (AvgIpc) is 3.12. The third-order valence-corrected chi connectivity index (χ3v) is 5.51. The number of carbonyl (C=O) groups is 1. The molecule has 0 bridgehead atoms. The molecule has 1 aromatic carbocycles. The molecule has 29 heavy (non-hydrogen) atoms. The number of piperazine rings is 1. The van der Waals surface area contributed by atoms with Gasteiger partial charge in [0.15, 0.2) is 11.5 Å². The van der Waals surface area contributed by atoms with E-state index in [9.17, 15) is 4.79 Å². The van der Waals surface area contributed by atoms with Crippen molar-refractivity contribution in [2.75, 3.05) is 43.4 Å². The number of rotatable bonds is 5. The minimum absolute atomic E-state index is 0.0415. The summed E-state index contributed by atoms with van der Waals surface area (Å²) in [4.78, 5) is 17.0. The number of anilines is 2. The van der Waals surface area contributed by atoms with Crippen molar-refractivity contribution in [1.82, 2.24) is 24.7 Å². The molecule has 1 saturated heterocycles. The maximum atomic E-state index is 12.4. The molecule has 3 heterocycles. The smallest absolute Gasteiger partial charge is 0.224 e. The van der Waals surface area contributed by atoms with Crippen molar-refractivity contribution < 1.29 is 4.79 Å². The molecular weight excluding hydrogens is 366 g/mol. The van der Waals surface area contributed by atoms with E-state index >= 15 is 0 Å². The van der Waals surface area contributed by atoms with Crippen LogP contribution in [0.5, 0.6) is 0 Å². The summed E-state index contributed by atoms with van der Waals surface area (Å²) < 4.78 is 1.76. The van der Waals surface area contributed by atoms with Gasteiger partial charge >= 0.3 is 0 Å². The zero-order valence-electron chi connectivity index (χ0n) is 17.2. The number of hydrogen-bond donors (Lipinski definition) is 1. The Balaban J connectivity index is 1.43. The highest BCUT2D eigenvalue weighted by molar-refractivity contribution is 5.90. The Labute approximate surface area is 170 Å². The van der Waals surface area contributed by atoms with E-state index in [1.54, 1.807) is 4.52 Å². The molecule has 0 atom stereocenters. The lowest BCUT2D eigenvalue weighted by molar-refractivity contribution is -0.116. The van der Waals surface area contributed by atoms with Crippen LogP contribution < -0.4 is 10.2 Å². The molecule has 1 N–H and O–H groups in total. The lowest BCUT2D eigenvalue weighted by atomic mass is 10.1. The van der Waals surface area contributed by atoms with Gasteiger partial charge in [0, 0.05) is 44.7 Å². The van der Waals surface area contributed by atoms with Crippen LogP contribution in [0.3, 0.4) is 0 Å². The van der Waals surface area contributed by atoms with Crippen LogP contribution in [0, 0.1) is 13.8 Å². The second-order valence-electron chi connectivity index (χ2n) is 7.72. The first-order valence-corrected chi connectivity index (χ1v) is 10.0. The fraction of sp³-hybridized carbons (Fsp3) is 0.429. The van der Waals surface area contributed by atoms with Crippen molar-refractivity contribution >= 4 is 23.1 Å². The van der Waals surface area contributed by atoms with E-state index < -0.39 is 0 Å². The third kappa shape index (κ3) is 4.37. The predicted molar refractivity (Wildman–Crippen MR) is 113 cm³/mol. The zero-order chi connectivity index (χ0) is 20.4. The Morgan fingerprint density at radius 1 is 1.03 bits per heavy atom. The summed E-state index contributed by atoms with van der Waals surface area (Å²) in [6, 6.07) is 9.86. The van der Waals surface area contributed by atoms with Crippen molar-refractivity contribution in [3.8, 4) is 0 Å². The molecule has 0 saturated carbocycles. The lowest BCUT2D eigenvalue weighted by Gasteiger charge is -2.33. The van der Waals surface area contributed by atoms with Gasteiger partial charge in [-0.05, 0) is 56.3 Å². The van der Waals surface area contributed by atoms with Crippen LogP contribution in [0.4, 0.5) is 11.5 Å². The first-order chi connectivity index (χ1) is 14.0. The maximum absolute atomic E-state index is 12.4. The number of amides is 1. The summed E-state index contributed by atoms with van der Waals surface area (Å²) in [5.41, 5.74) is 3.89. The Bertz CT molecular complexity index is 1020. The van der Waals surface area contributed by atoms with Crippen molar-refractivity contribution in [3.63, 3.8) is 0 Å². The highest BCUT2D eigenvalue weighted by atomic mass is 16.1. The lowest BCUT2D eigenvalue weighted by Crippen LogP contribution is -2.45. The van der Waals surface area contributed by atoms with Crippen LogP contribution in [0.25, 0.3) is 5.65 Å². The van der Waals surface area contributed by atoms with Crippen LogP contribution in [0.15, 0.2) is 30.3 Å². The van der Waals surface area contributed by atoms with Crippen LogP contribution >= 0.6 is 0 Å². The zero-order valence-corrected chi connectivity index (χ0v) is 17.2. The Morgan fingerprint density at radius 2 is 1.83 bits per heavy atom. The molecule has 152 valence electrons. The van der Waals surface area contributed by atoms with Crippen molar-refractivity contribution in [1.29, 1.82) is 0 Å². The van der Waals surface area contributed by atoms with Gasteiger partial charge in [0.1, 0.15) is 5.82 Å². The molecule has 0 spiro atoms. The minimum atomic E-state index is -0.0415. The Kier molecular flexibility index (Phi) is 5.44. The highest BCUT2D eigenvalue weighted by Gasteiger charge is 2.17. The van der Waals surface area contributed by atoms with E-state index in [0.717, 1.165) is 43.2 Å². The molecule has 8 nitrogen and oxygen atoms in total. The first-order valence-electron chi connectivity index (χ1n) is 10.0. The van der Waals surface area contributed by atoms with Gasteiger partial charge < -0.3 is 15.1 Å². The molecule has 2 aromatic heterocycles. The Morgan fingerprint density at radius 3 is 2.59 bits per heavy atom. The second kappa shape index (κ2) is 8.16. The SMILES string of the molecule is Cc1ccc(NC(=O)CCc2nnc3ccc(N4CCN(C)CC4)nn23)cc1C. The number of aryl methyl sites for hydroxylation is 3. The maximum Gasteiger partial charge on any atom is 0.224 e. The molecule has 3 aromatic rings. The van der Waals surface area contributed by atoms with E-state index in [-0.39, 0.29) is 5.91 Å². The van der Waals surface area contributed by atoms with Gasteiger partial charge in [-0.3, -0.25) is 4.79 Å². The summed E-state index contributed by atoms with van der Waals surface area (Å²) in [5.74, 6) is 1.58. The van der Waals surface area contributed by atoms with Gasteiger partial charge in [0.05, 0.1) is 0 Å². The molecular formula is C21H27N7O. The summed E-state index contributed by atoms with van der Waals surface area (Å²) in [7, 11) is 2.13. The normalized spacial score (nSPS) is 15.1. The van der Waals surface area contributed by atoms with Gasteiger partial charge in [-0.2, -0.15) is 4.52 Å². The molecule has 1 amide bonds. The van der Waals surface area contributed by atoms with Gasteiger partial charge in [-0.1, -0.05) is 6.07 Å². The second-order valence-corrected chi connectivity index (χ2v) is 7.72. The largest absolute Gasteiger partial charge is 0.353 e. The summed E-state index contributed by atoms with van der Waals surface area (Å²) in [6.07, 6.45) is 0.811. The molecule has 1 aliphatic rings. The number of fused-ring (bicyclic) bond motifs is 1. The number of nitrogens with zero attached hydrogens (tertiary/aromatic N) is 6. The van der Waals surface area contributed by atoms with Gasteiger partial charge in [0.2, 0.25) is 5.91 Å². The van der Waals surface area contributed by atoms with Gasteiger partial charge in [-0.15, -0.1) is 15.3 Å². The monoisotopic (exact) mass is 393 g/mol. The highest BCUT2D eigenvalue weighted by Crippen LogP contribution is 2.16. The number of benzene rings is 1. The van der Waals surface area contributed by atoms with E-state index in [2.05, 4.69) is 39.3 Å². The van der Waals surface area contributed by atoms with Crippen molar-refractivity contribution in [2.24, 2.45) is 0 Å². The fourth-order valence-corrected chi connectivity index (χ4v) is 3.45. The van der Waals surface area contributed by atoms with E-state index in [4.69, 9.17) is 5.10 Å². The van der Waals surface area contributed by atoms with Crippen LogP contribution in [-0.2, 0) is 11.2 Å². The number of aromatic nitrogens is 4. The number of hydrogen-bond acceptors (Lipinski definition) is 6. The number of carbonyl (C=O) groups excluding carboxylic acids is 1. The molecule has 0 aliphatic carbocycles. The predicted octanol–water partition coefficient (Wildman–Crippen LogP) is 2.06. The van der Waals surface area contributed by atoms with Gasteiger partial charge in [0.25, 0.3) is 0 Å². The minimum Gasteiger partial charge on any atom is -0.353 e. The topological polar surface area (TPSA) is 78.7 Å². The molecule has 1 fully saturated rings. The average molecular weight is 393 g/mol. The standard InChI is InChI=1S/C21H27N7O/c1-15-4-5-17(14-16(15)2)22-21(29)9-8-19-24-23-18-6-7-20(25-28(18)19)27-12-10-26(3)11-13-27/h4-7,14H,8-13H2,1-3H3,(H,22,29). The summed E-state index contributed by atoms with van der Waals surface area (Å²) in [6.45, 7) is 8.04. The number of likely N-dealkylation sites (N-methyl/N-ethyl adjacent to an activating group) is 1.